The summed E-state index contributed by atoms with van der Waals surface area (Å²) in [5.41, 5.74) is 10.9. The van der Waals surface area contributed by atoms with E-state index in [0.29, 0.717) is 12.0 Å². The first kappa shape index (κ1) is 20.6. The van der Waals surface area contributed by atoms with Crippen LogP contribution >= 0.6 is 0 Å². The Morgan fingerprint density at radius 1 is 1.06 bits per heavy atom. The van der Waals surface area contributed by atoms with Crippen LogP contribution in [-0.2, 0) is 11.2 Å². The molecule has 2 aromatic carbocycles. The number of nitrogens with zero attached hydrogens (tertiary/aromatic N) is 1. The molecule has 31 heavy (non-hydrogen) atoms. The number of ether oxygens (including phenoxy) is 3. The summed E-state index contributed by atoms with van der Waals surface area (Å²) in [5, 5.41) is 9.85. The number of quaternary nitrogens is 1. The Bertz CT molecular complexity index is 1110. The summed E-state index contributed by atoms with van der Waals surface area (Å²) in [6.45, 7) is 0.733. The van der Waals surface area contributed by atoms with Crippen LogP contribution in [0.3, 0.4) is 0 Å². The third kappa shape index (κ3) is 4.00. The summed E-state index contributed by atoms with van der Waals surface area (Å²) < 4.78 is 16.6. The molecule has 3 N–H and O–H groups in total. The van der Waals surface area contributed by atoms with E-state index in [0.717, 1.165) is 46.1 Å². The third-order valence-electron chi connectivity index (χ3n) is 5.71. The van der Waals surface area contributed by atoms with Crippen molar-refractivity contribution in [3.8, 4) is 17.6 Å². The highest BCUT2D eigenvalue weighted by Gasteiger charge is 2.38. The average molecular weight is 417 g/mol. The minimum atomic E-state index is -0.242. The maximum absolute atomic E-state index is 9.85. The van der Waals surface area contributed by atoms with E-state index in [2.05, 4.69) is 19.3 Å². The average Bonchev–Trinajstić information content (AvgIpc) is 2.79. The maximum atomic E-state index is 9.85. The second kappa shape index (κ2) is 8.58. The molecular formula is C25H26N3O3+. The van der Waals surface area contributed by atoms with E-state index in [4.69, 9.17) is 19.9 Å². The van der Waals surface area contributed by atoms with Gasteiger partial charge in [0.05, 0.1) is 32.8 Å². The van der Waals surface area contributed by atoms with Gasteiger partial charge in [0.2, 0.25) is 5.88 Å². The Balaban J connectivity index is 1.75. The molecule has 6 nitrogen and oxygen atoms in total. The number of nitriles is 1. The van der Waals surface area contributed by atoms with E-state index < -0.39 is 0 Å². The molecule has 2 heterocycles. The topological polar surface area (TPSA) is 81.9 Å². The van der Waals surface area contributed by atoms with Gasteiger partial charge in [-0.25, -0.2) is 0 Å². The normalized spacial score (nSPS) is 20.4. The zero-order valence-electron chi connectivity index (χ0n) is 17.9. The quantitative estimate of drug-likeness (QED) is 0.782. The lowest BCUT2D eigenvalue weighted by molar-refractivity contribution is -0.821. The molecule has 0 spiro atoms. The largest absolute Gasteiger partial charge is 0.497 e. The first-order valence-electron chi connectivity index (χ1n) is 10.1. The number of nitrogens with one attached hydrogen (secondary N) is 1. The lowest BCUT2D eigenvalue weighted by Crippen LogP contribution is -3.05. The lowest BCUT2D eigenvalue weighted by Gasteiger charge is -2.33. The van der Waals surface area contributed by atoms with Gasteiger partial charge in [0.25, 0.3) is 0 Å². The summed E-state index contributed by atoms with van der Waals surface area (Å²) in [4.78, 5) is 1.22. The summed E-state index contributed by atoms with van der Waals surface area (Å²) >= 11 is 0. The summed E-state index contributed by atoms with van der Waals surface area (Å²) in [5.74, 6) is 2.30. The number of hydrogen-bond acceptors (Lipinski definition) is 5. The van der Waals surface area contributed by atoms with E-state index in [1.165, 1.54) is 4.90 Å². The van der Waals surface area contributed by atoms with E-state index in [9.17, 15) is 5.26 Å². The molecule has 2 aliphatic rings. The molecule has 4 rings (SSSR count). The fourth-order valence-corrected chi connectivity index (χ4v) is 4.23. The van der Waals surface area contributed by atoms with Gasteiger partial charge >= 0.3 is 0 Å². The number of hydrogen-bond donors (Lipinski definition) is 2. The van der Waals surface area contributed by atoms with Crippen molar-refractivity contribution in [3.63, 3.8) is 0 Å². The van der Waals surface area contributed by atoms with Crippen molar-refractivity contribution in [2.45, 2.75) is 12.3 Å². The van der Waals surface area contributed by atoms with Gasteiger partial charge in [0.1, 0.15) is 41.6 Å². The van der Waals surface area contributed by atoms with Crippen LogP contribution in [0.2, 0.25) is 0 Å². The number of rotatable bonds is 5. The van der Waals surface area contributed by atoms with Gasteiger partial charge in [-0.05, 0) is 35.4 Å². The molecule has 0 aliphatic carbocycles. The molecule has 0 radical (unpaired) electrons. The third-order valence-corrected chi connectivity index (χ3v) is 5.71. The van der Waals surface area contributed by atoms with Crippen molar-refractivity contribution in [1.82, 2.24) is 0 Å². The Kier molecular flexibility index (Phi) is 5.70. The predicted molar refractivity (Wildman–Crippen MR) is 117 cm³/mol. The van der Waals surface area contributed by atoms with Gasteiger partial charge < -0.3 is 24.8 Å². The predicted octanol–water partition coefficient (Wildman–Crippen LogP) is 2.42. The zero-order valence-corrected chi connectivity index (χ0v) is 17.9. The van der Waals surface area contributed by atoms with E-state index in [-0.39, 0.29) is 11.8 Å². The zero-order chi connectivity index (χ0) is 22.0. The summed E-state index contributed by atoms with van der Waals surface area (Å²) in [6.07, 6.45) is 2.86. The highest BCUT2D eigenvalue weighted by Crippen LogP contribution is 2.42. The van der Waals surface area contributed by atoms with Gasteiger partial charge in [-0.3, -0.25) is 0 Å². The van der Waals surface area contributed by atoms with Crippen molar-refractivity contribution >= 4 is 0 Å². The number of benzene rings is 2. The molecule has 2 aromatic rings. The molecule has 6 heteroatoms. The molecule has 0 aromatic heterocycles. The Morgan fingerprint density at radius 2 is 1.68 bits per heavy atom. The van der Waals surface area contributed by atoms with Crippen LogP contribution in [0.4, 0.5) is 0 Å². The van der Waals surface area contributed by atoms with Crippen LogP contribution in [0.1, 0.15) is 17.0 Å². The number of nitrogens with two attached hydrogens (primary N) is 1. The number of likely N-dealkylation sites (N-methyl/N-ethyl adjacent to an activating group) is 1. The molecular weight excluding hydrogens is 390 g/mol. The smallest absolute Gasteiger partial charge is 0.205 e. The molecule has 0 saturated carbocycles. The molecule has 2 atom stereocenters. The van der Waals surface area contributed by atoms with Gasteiger partial charge in [-0.1, -0.05) is 24.3 Å². The molecule has 0 bridgehead atoms. The summed E-state index contributed by atoms with van der Waals surface area (Å²) in [6, 6.07) is 18.1. The van der Waals surface area contributed by atoms with E-state index >= 15 is 0 Å². The SMILES string of the molecule is COc1ccc(CC2=C[NH+](C)CC3=C2OC(N)=C(C#N)[C@H]3c2ccc(OC)cc2)cc1. The Hall–Kier alpha value is -3.69. The number of methoxy groups -OCH3 is 2. The molecule has 0 saturated heterocycles. The lowest BCUT2D eigenvalue weighted by atomic mass is 9.80. The molecule has 0 fully saturated rings. The van der Waals surface area contributed by atoms with Gasteiger partial charge in [0, 0.05) is 12.0 Å². The van der Waals surface area contributed by atoms with Crippen LogP contribution in [0.15, 0.2) is 83.1 Å². The highest BCUT2D eigenvalue weighted by molar-refractivity contribution is 5.54. The van der Waals surface area contributed by atoms with Crippen molar-refractivity contribution in [2.75, 3.05) is 27.8 Å². The Labute approximate surface area is 182 Å². The second-order valence-electron chi connectivity index (χ2n) is 7.77. The minimum Gasteiger partial charge on any atom is -0.497 e. The van der Waals surface area contributed by atoms with Crippen LogP contribution in [0, 0.1) is 11.3 Å². The molecule has 158 valence electrons. The van der Waals surface area contributed by atoms with Crippen LogP contribution < -0.4 is 20.1 Å². The minimum absolute atomic E-state index is 0.169. The van der Waals surface area contributed by atoms with Crippen molar-refractivity contribution in [3.05, 3.63) is 94.2 Å². The second-order valence-corrected chi connectivity index (χ2v) is 7.77. The first-order chi connectivity index (χ1) is 15.0. The first-order valence-corrected chi connectivity index (χ1v) is 10.1. The van der Waals surface area contributed by atoms with Crippen LogP contribution in [0.25, 0.3) is 0 Å². The van der Waals surface area contributed by atoms with E-state index in [1.807, 2.05) is 48.5 Å². The van der Waals surface area contributed by atoms with E-state index in [1.54, 1.807) is 14.2 Å². The monoisotopic (exact) mass is 416 g/mol. The maximum Gasteiger partial charge on any atom is 0.205 e. The van der Waals surface area contributed by atoms with Crippen LogP contribution in [0.5, 0.6) is 11.5 Å². The van der Waals surface area contributed by atoms with Gasteiger partial charge in [0.15, 0.2) is 0 Å². The fourth-order valence-electron chi connectivity index (χ4n) is 4.23. The fraction of sp³-hybridized carbons (Fsp3) is 0.240. The molecule has 1 unspecified atom stereocenters. The molecule has 2 aliphatic heterocycles. The number of allylic oxidation sites excluding steroid dienone is 2. The highest BCUT2D eigenvalue weighted by atomic mass is 16.5. The van der Waals surface area contributed by atoms with Crippen LogP contribution in [-0.4, -0.2) is 27.8 Å². The van der Waals surface area contributed by atoms with Gasteiger partial charge in [-0.15, -0.1) is 0 Å². The van der Waals surface area contributed by atoms with Gasteiger partial charge in [-0.2, -0.15) is 5.26 Å². The van der Waals surface area contributed by atoms with Crippen molar-refractivity contribution in [1.29, 1.82) is 5.26 Å². The standard InChI is InChI=1S/C25H25N3O3/c1-28-14-18(12-16-4-8-19(29-2)9-5-16)24-22(15-28)23(21(13-26)25(27)31-24)17-6-10-20(30-3)11-7-17/h4-11,14,23H,12,15,27H2,1-3H3/p+1/t23-/m1/s1. The molecule has 0 amide bonds. The summed E-state index contributed by atoms with van der Waals surface area (Å²) in [7, 11) is 5.40. The van der Waals surface area contributed by atoms with Crippen molar-refractivity contribution in [2.24, 2.45) is 5.73 Å². The Morgan fingerprint density at radius 3 is 2.26 bits per heavy atom. The van der Waals surface area contributed by atoms with Crippen molar-refractivity contribution < 1.29 is 19.1 Å².